The minimum absolute atomic E-state index is 0.104. The highest BCUT2D eigenvalue weighted by molar-refractivity contribution is 5.97. The van der Waals surface area contributed by atoms with Gasteiger partial charge in [0, 0.05) is 19.1 Å². The number of carbonyl (C=O) groups is 1. The van der Waals surface area contributed by atoms with E-state index in [4.69, 9.17) is 4.74 Å². The number of rotatable bonds is 5. The van der Waals surface area contributed by atoms with E-state index in [2.05, 4.69) is 24.1 Å². The summed E-state index contributed by atoms with van der Waals surface area (Å²) < 4.78 is 5.02. The molecule has 1 aliphatic rings. The molecule has 1 atom stereocenters. The van der Waals surface area contributed by atoms with Crippen molar-refractivity contribution in [1.29, 1.82) is 0 Å². The summed E-state index contributed by atoms with van der Waals surface area (Å²) in [6, 6.07) is 5.48. The molecule has 0 spiro atoms. The van der Waals surface area contributed by atoms with Gasteiger partial charge in [-0.2, -0.15) is 0 Å². The highest BCUT2D eigenvalue weighted by Crippen LogP contribution is 2.29. The Labute approximate surface area is 125 Å². The number of amides is 1. The molecule has 1 aliphatic heterocycles. The molecule has 1 fully saturated rings. The van der Waals surface area contributed by atoms with Gasteiger partial charge >= 0.3 is 0 Å². The van der Waals surface area contributed by atoms with E-state index in [1.165, 1.54) is 7.11 Å². The van der Waals surface area contributed by atoms with Crippen LogP contribution in [0.2, 0.25) is 0 Å². The Bertz CT molecular complexity index is 502. The number of hydrogen-bond donors (Lipinski definition) is 2. The summed E-state index contributed by atoms with van der Waals surface area (Å²) in [5.41, 5.74) is 0.257. The lowest BCUT2D eigenvalue weighted by molar-refractivity contribution is 0.0944. The first-order valence-electron chi connectivity index (χ1n) is 7.41. The Balaban J connectivity index is 1.91. The molecule has 5 heteroatoms. The van der Waals surface area contributed by atoms with E-state index >= 15 is 0 Å². The van der Waals surface area contributed by atoms with E-state index in [1.807, 2.05) is 0 Å². The van der Waals surface area contributed by atoms with Gasteiger partial charge in [0.1, 0.15) is 0 Å². The first kappa shape index (κ1) is 15.6. The number of phenols is 1. The average molecular weight is 292 g/mol. The number of ether oxygens (including phenoxy) is 1. The predicted octanol–water partition coefficient (Wildman–Crippen LogP) is 1.86. The lowest BCUT2D eigenvalue weighted by Gasteiger charge is -2.20. The molecule has 0 bridgehead atoms. The van der Waals surface area contributed by atoms with Crippen LogP contribution in [0.25, 0.3) is 0 Å². The fraction of sp³-hybridized carbons (Fsp3) is 0.562. The molecule has 1 aromatic carbocycles. The van der Waals surface area contributed by atoms with Crippen LogP contribution < -0.4 is 10.1 Å². The molecule has 1 aromatic rings. The second kappa shape index (κ2) is 6.80. The molecule has 2 rings (SSSR count). The molecule has 1 unspecified atom stereocenters. The lowest BCUT2D eigenvalue weighted by atomic mass is 10.1. The second-order valence-corrected chi connectivity index (χ2v) is 5.81. The molecular formula is C16H24N2O3. The van der Waals surface area contributed by atoms with Crippen LogP contribution in [0.4, 0.5) is 0 Å². The minimum atomic E-state index is -0.255. The molecule has 2 N–H and O–H groups in total. The van der Waals surface area contributed by atoms with Crippen molar-refractivity contribution in [2.75, 3.05) is 26.7 Å². The largest absolute Gasteiger partial charge is 0.504 e. The van der Waals surface area contributed by atoms with Crippen LogP contribution in [-0.2, 0) is 0 Å². The first-order chi connectivity index (χ1) is 10.0. The van der Waals surface area contributed by atoms with Crippen LogP contribution in [0.3, 0.4) is 0 Å². The summed E-state index contributed by atoms with van der Waals surface area (Å²) in [4.78, 5) is 14.6. The van der Waals surface area contributed by atoms with E-state index in [9.17, 15) is 9.90 Å². The highest BCUT2D eigenvalue weighted by Gasteiger charge is 2.25. The first-order valence-corrected chi connectivity index (χ1v) is 7.41. The summed E-state index contributed by atoms with van der Waals surface area (Å²) in [7, 11) is 1.47. The normalized spacial score (nSPS) is 19.0. The number of nitrogens with zero attached hydrogens (tertiary/aromatic N) is 1. The van der Waals surface area contributed by atoms with Crippen molar-refractivity contribution in [2.45, 2.75) is 26.3 Å². The standard InChI is InChI=1S/C16H24N2O3/c1-11(2)18-8-7-12(10-18)9-17-16(20)13-5-4-6-14(21-3)15(13)19/h4-6,11-12,19H,7-10H2,1-3H3,(H,17,20). The molecular weight excluding hydrogens is 268 g/mol. The highest BCUT2D eigenvalue weighted by atomic mass is 16.5. The fourth-order valence-electron chi connectivity index (χ4n) is 2.70. The molecule has 116 valence electrons. The van der Waals surface area contributed by atoms with Crippen LogP contribution in [0, 0.1) is 5.92 Å². The zero-order valence-electron chi connectivity index (χ0n) is 12.9. The van der Waals surface area contributed by atoms with Gasteiger partial charge in [0.25, 0.3) is 5.91 Å². The third-order valence-corrected chi connectivity index (χ3v) is 4.06. The fourth-order valence-corrected chi connectivity index (χ4v) is 2.70. The Morgan fingerprint density at radius 1 is 1.52 bits per heavy atom. The zero-order valence-corrected chi connectivity index (χ0v) is 12.9. The maximum absolute atomic E-state index is 12.2. The number of nitrogens with one attached hydrogen (secondary N) is 1. The predicted molar refractivity (Wildman–Crippen MR) is 81.8 cm³/mol. The Morgan fingerprint density at radius 2 is 2.29 bits per heavy atom. The number of para-hydroxylation sites is 1. The van der Waals surface area contributed by atoms with Gasteiger partial charge in [-0.05, 0) is 44.9 Å². The third-order valence-electron chi connectivity index (χ3n) is 4.06. The Hall–Kier alpha value is -1.75. The zero-order chi connectivity index (χ0) is 15.4. The molecule has 1 saturated heterocycles. The van der Waals surface area contributed by atoms with Crippen molar-refractivity contribution in [3.8, 4) is 11.5 Å². The van der Waals surface area contributed by atoms with Crippen molar-refractivity contribution in [1.82, 2.24) is 10.2 Å². The van der Waals surface area contributed by atoms with E-state index in [1.54, 1.807) is 18.2 Å². The Morgan fingerprint density at radius 3 is 2.90 bits per heavy atom. The van der Waals surface area contributed by atoms with Gasteiger partial charge in [-0.25, -0.2) is 0 Å². The van der Waals surface area contributed by atoms with E-state index in [0.717, 1.165) is 19.5 Å². The topological polar surface area (TPSA) is 61.8 Å². The smallest absolute Gasteiger partial charge is 0.255 e. The molecule has 0 aromatic heterocycles. The number of phenolic OH excluding ortho intramolecular Hbond substituents is 1. The van der Waals surface area contributed by atoms with Gasteiger partial charge < -0.3 is 20.1 Å². The molecule has 0 aliphatic carbocycles. The van der Waals surface area contributed by atoms with Gasteiger partial charge in [-0.1, -0.05) is 6.07 Å². The van der Waals surface area contributed by atoms with Gasteiger partial charge in [0.05, 0.1) is 12.7 Å². The third kappa shape index (κ3) is 3.67. The average Bonchev–Trinajstić information content (AvgIpc) is 2.94. The monoisotopic (exact) mass is 292 g/mol. The van der Waals surface area contributed by atoms with Crippen LogP contribution in [0.5, 0.6) is 11.5 Å². The van der Waals surface area contributed by atoms with Crippen LogP contribution >= 0.6 is 0 Å². The SMILES string of the molecule is COc1cccc(C(=O)NCC2CCN(C(C)C)C2)c1O. The molecule has 5 nitrogen and oxygen atoms in total. The number of benzene rings is 1. The lowest BCUT2D eigenvalue weighted by Crippen LogP contribution is -2.33. The summed E-state index contributed by atoms with van der Waals surface area (Å²) in [6.45, 7) is 7.12. The van der Waals surface area contributed by atoms with Crippen molar-refractivity contribution in [2.24, 2.45) is 5.92 Å². The second-order valence-electron chi connectivity index (χ2n) is 5.81. The number of aromatic hydroxyl groups is 1. The van der Waals surface area contributed by atoms with Gasteiger partial charge in [-0.3, -0.25) is 4.79 Å². The molecule has 21 heavy (non-hydrogen) atoms. The number of carbonyl (C=O) groups excluding carboxylic acids is 1. The van der Waals surface area contributed by atoms with Crippen molar-refractivity contribution in [3.63, 3.8) is 0 Å². The quantitative estimate of drug-likeness (QED) is 0.869. The van der Waals surface area contributed by atoms with Crippen molar-refractivity contribution < 1.29 is 14.6 Å². The number of likely N-dealkylation sites (tertiary alicyclic amines) is 1. The van der Waals surface area contributed by atoms with Gasteiger partial charge in [0.15, 0.2) is 11.5 Å². The molecule has 0 saturated carbocycles. The maximum atomic E-state index is 12.2. The molecule has 0 radical (unpaired) electrons. The van der Waals surface area contributed by atoms with E-state index in [-0.39, 0.29) is 17.2 Å². The summed E-state index contributed by atoms with van der Waals surface area (Å²) in [5.74, 6) is 0.431. The van der Waals surface area contributed by atoms with Crippen molar-refractivity contribution >= 4 is 5.91 Å². The van der Waals surface area contributed by atoms with Crippen molar-refractivity contribution in [3.05, 3.63) is 23.8 Å². The van der Waals surface area contributed by atoms with E-state index < -0.39 is 0 Å². The van der Waals surface area contributed by atoms with Crippen LogP contribution in [-0.4, -0.2) is 48.7 Å². The van der Waals surface area contributed by atoms with Gasteiger partial charge in [0.2, 0.25) is 0 Å². The summed E-state index contributed by atoms with van der Waals surface area (Å²) >= 11 is 0. The number of hydrogen-bond acceptors (Lipinski definition) is 4. The summed E-state index contributed by atoms with van der Waals surface area (Å²) in [6.07, 6.45) is 1.10. The van der Waals surface area contributed by atoms with E-state index in [0.29, 0.717) is 24.3 Å². The van der Waals surface area contributed by atoms with Crippen LogP contribution in [0.15, 0.2) is 18.2 Å². The Kier molecular flexibility index (Phi) is 5.07. The van der Waals surface area contributed by atoms with Gasteiger partial charge in [-0.15, -0.1) is 0 Å². The maximum Gasteiger partial charge on any atom is 0.255 e. The van der Waals surface area contributed by atoms with Crippen LogP contribution in [0.1, 0.15) is 30.6 Å². The minimum Gasteiger partial charge on any atom is -0.504 e. The number of methoxy groups -OCH3 is 1. The molecule has 1 heterocycles. The summed E-state index contributed by atoms with van der Waals surface area (Å²) in [5, 5.41) is 12.9. The molecule has 1 amide bonds.